The summed E-state index contributed by atoms with van der Waals surface area (Å²) in [6, 6.07) is 4.97. The van der Waals surface area contributed by atoms with Crippen molar-refractivity contribution < 1.29 is 19.1 Å². The molecule has 1 atom stereocenters. The first-order valence-corrected chi connectivity index (χ1v) is 10.4. The molecule has 0 radical (unpaired) electrons. The van der Waals surface area contributed by atoms with Gasteiger partial charge < -0.3 is 26.0 Å². The van der Waals surface area contributed by atoms with E-state index in [2.05, 4.69) is 15.4 Å². The Labute approximate surface area is 189 Å². The van der Waals surface area contributed by atoms with Crippen LogP contribution in [0.15, 0.2) is 30.6 Å². The number of hydrogen-bond acceptors (Lipinski definition) is 7. The predicted octanol–water partition coefficient (Wildman–Crippen LogP) is 1.69. The number of fused-ring (bicyclic) bond motifs is 2. The second-order valence-electron chi connectivity index (χ2n) is 8.86. The van der Waals surface area contributed by atoms with Crippen molar-refractivity contribution >= 4 is 34.7 Å². The molecule has 0 spiro atoms. The molecule has 0 saturated heterocycles. The van der Waals surface area contributed by atoms with Gasteiger partial charge in [0, 0.05) is 32.4 Å². The predicted molar refractivity (Wildman–Crippen MR) is 122 cm³/mol. The van der Waals surface area contributed by atoms with Crippen LogP contribution in [0.5, 0.6) is 0 Å². The van der Waals surface area contributed by atoms with E-state index in [4.69, 9.17) is 5.73 Å². The molecule has 33 heavy (non-hydrogen) atoms. The fraction of sp³-hybridized carbons (Fsp3) is 0.364. The number of benzene rings is 1. The number of anilines is 3. The number of aromatic nitrogens is 3. The van der Waals surface area contributed by atoms with Crippen LogP contribution in [0.4, 0.5) is 21.6 Å². The van der Waals surface area contributed by atoms with Gasteiger partial charge in [-0.3, -0.25) is 9.59 Å². The lowest BCUT2D eigenvalue weighted by Crippen LogP contribution is -2.42. The molecule has 4 rings (SSSR count). The highest BCUT2D eigenvalue weighted by Crippen LogP contribution is 2.34. The fourth-order valence-corrected chi connectivity index (χ4v) is 3.68. The molecule has 10 nitrogen and oxygen atoms in total. The third kappa shape index (κ3) is 4.19. The van der Waals surface area contributed by atoms with Crippen LogP contribution in [0.25, 0.3) is 5.65 Å². The number of rotatable bonds is 6. The first kappa shape index (κ1) is 22.5. The highest BCUT2D eigenvalue weighted by molar-refractivity contribution is 6.10. The van der Waals surface area contributed by atoms with Gasteiger partial charge in [-0.05, 0) is 37.6 Å². The molecule has 3 aromatic rings. The molecule has 0 unspecified atom stereocenters. The van der Waals surface area contributed by atoms with Gasteiger partial charge in [0.1, 0.15) is 17.6 Å². The molecule has 1 aliphatic heterocycles. The lowest BCUT2D eigenvalue weighted by atomic mass is 10.0. The van der Waals surface area contributed by atoms with Gasteiger partial charge >= 0.3 is 0 Å². The topological polar surface area (TPSA) is 129 Å². The van der Waals surface area contributed by atoms with Crippen LogP contribution in [0.1, 0.15) is 40.1 Å². The zero-order valence-electron chi connectivity index (χ0n) is 18.8. The van der Waals surface area contributed by atoms with Crippen LogP contribution >= 0.6 is 0 Å². The summed E-state index contributed by atoms with van der Waals surface area (Å²) in [6.45, 7) is 2.68. The SMILES string of the molecule is CN(C)c1cc2c(cc1NC(=O)c1cnn3ccc(N)nc13)CN(C[C@@H](F)C(C)(C)O)C2=O. The molecule has 11 heteroatoms. The maximum absolute atomic E-state index is 14.4. The number of aliphatic hydroxyl groups is 1. The van der Waals surface area contributed by atoms with Crippen LogP contribution in [0, 0.1) is 0 Å². The first-order chi connectivity index (χ1) is 15.5. The van der Waals surface area contributed by atoms with E-state index in [1.165, 1.54) is 29.5 Å². The molecule has 1 aromatic carbocycles. The molecule has 0 saturated carbocycles. The van der Waals surface area contributed by atoms with Crippen molar-refractivity contribution in [3.05, 3.63) is 47.3 Å². The summed E-state index contributed by atoms with van der Waals surface area (Å²) in [7, 11) is 3.58. The van der Waals surface area contributed by atoms with Crippen molar-refractivity contribution in [2.45, 2.75) is 32.2 Å². The number of halogens is 1. The van der Waals surface area contributed by atoms with Crippen molar-refractivity contribution in [2.24, 2.45) is 0 Å². The summed E-state index contributed by atoms with van der Waals surface area (Å²) in [6.07, 6.45) is 1.42. The smallest absolute Gasteiger partial charge is 0.261 e. The third-order valence-corrected chi connectivity index (χ3v) is 5.61. The molecule has 1 aliphatic rings. The van der Waals surface area contributed by atoms with E-state index in [0.717, 1.165) is 0 Å². The molecule has 0 bridgehead atoms. The van der Waals surface area contributed by atoms with Gasteiger partial charge in [0.15, 0.2) is 5.65 Å². The number of nitrogens with two attached hydrogens (primary N) is 1. The summed E-state index contributed by atoms with van der Waals surface area (Å²) in [5, 5.41) is 16.9. The Morgan fingerprint density at radius 1 is 1.39 bits per heavy atom. The van der Waals surface area contributed by atoms with E-state index < -0.39 is 17.7 Å². The van der Waals surface area contributed by atoms with Crippen LogP contribution in [-0.2, 0) is 6.54 Å². The van der Waals surface area contributed by atoms with Gasteiger partial charge in [0.05, 0.1) is 29.7 Å². The largest absolute Gasteiger partial charge is 0.387 e. The lowest BCUT2D eigenvalue weighted by Gasteiger charge is -2.26. The van der Waals surface area contributed by atoms with E-state index >= 15 is 0 Å². The third-order valence-electron chi connectivity index (χ3n) is 5.61. The molecule has 4 N–H and O–H groups in total. The molecule has 2 aromatic heterocycles. The van der Waals surface area contributed by atoms with E-state index in [0.29, 0.717) is 28.1 Å². The average Bonchev–Trinajstić information content (AvgIpc) is 3.27. The Morgan fingerprint density at radius 3 is 2.79 bits per heavy atom. The minimum Gasteiger partial charge on any atom is -0.387 e. The van der Waals surface area contributed by atoms with Crippen molar-refractivity contribution in [3.63, 3.8) is 0 Å². The molecule has 174 valence electrons. The maximum atomic E-state index is 14.4. The van der Waals surface area contributed by atoms with Crippen molar-refractivity contribution in [1.82, 2.24) is 19.5 Å². The number of alkyl halides is 1. The van der Waals surface area contributed by atoms with E-state index in [1.807, 2.05) is 0 Å². The van der Waals surface area contributed by atoms with Gasteiger partial charge in [-0.2, -0.15) is 5.10 Å². The molecule has 3 heterocycles. The first-order valence-electron chi connectivity index (χ1n) is 10.4. The van der Waals surface area contributed by atoms with Gasteiger partial charge in [0.25, 0.3) is 11.8 Å². The molecular formula is C22H26FN7O3. The highest BCUT2D eigenvalue weighted by Gasteiger charge is 2.35. The van der Waals surface area contributed by atoms with Gasteiger partial charge in [-0.15, -0.1) is 0 Å². The van der Waals surface area contributed by atoms with Gasteiger partial charge in [-0.1, -0.05) is 0 Å². The Hall–Kier alpha value is -3.73. The summed E-state index contributed by atoms with van der Waals surface area (Å²) in [5.74, 6) is -0.488. The minimum atomic E-state index is -1.60. The Kier molecular flexibility index (Phi) is 5.44. The standard InChI is InChI=1S/C22H26FN7O3/c1-22(2,33)17(23)11-29-10-12-7-15(16(28(3)4)8-13(12)21(29)32)26-20(31)14-9-25-30-6-5-18(24)27-19(14)30/h5-9,17,33H,10-11H2,1-4H3,(H2,24,27)(H,26,31)/t17-/m1/s1. The summed E-state index contributed by atoms with van der Waals surface area (Å²) >= 11 is 0. The second-order valence-corrected chi connectivity index (χ2v) is 8.86. The van der Waals surface area contributed by atoms with E-state index in [9.17, 15) is 19.1 Å². The zero-order chi connectivity index (χ0) is 24.1. The highest BCUT2D eigenvalue weighted by atomic mass is 19.1. The van der Waals surface area contributed by atoms with E-state index in [-0.39, 0.29) is 30.4 Å². The Morgan fingerprint density at radius 2 is 2.12 bits per heavy atom. The van der Waals surface area contributed by atoms with Gasteiger partial charge in [0.2, 0.25) is 0 Å². The number of nitrogens with zero attached hydrogens (tertiary/aromatic N) is 5. The quantitative estimate of drug-likeness (QED) is 0.516. The molecule has 2 amide bonds. The number of hydrogen-bond donors (Lipinski definition) is 3. The summed E-state index contributed by atoms with van der Waals surface area (Å²) in [5.41, 5.74) is 6.95. The normalized spacial score (nSPS) is 14.5. The number of carbonyl (C=O) groups is 2. The zero-order valence-corrected chi connectivity index (χ0v) is 18.8. The summed E-state index contributed by atoms with van der Waals surface area (Å²) in [4.78, 5) is 33.2. The van der Waals surface area contributed by atoms with E-state index in [1.54, 1.807) is 43.4 Å². The molecular weight excluding hydrogens is 429 g/mol. The Balaban J connectivity index is 1.64. The number of amides is 2. The van der Waals surface area contributed by atoms with Crippen molar-refractivity contribution in [3.8, 4) is 0 Å². The van der Waals surface area contributed by atoms with Crippen LogP contribution < -0.4 is 16.0 Å². The average molecular weight is 455 g/mol. The fourth-order valence-electron chi connectivity index (χ4n) is 3.68. The summed E-state index contributed by atoms with van der Waals surface area (Å²) < 4.78 is 15.9. The lowest BCUT2D eigenvalue weighted by molar-refractivity contribution is -0.0159. The monoisotopic (exact) mass is 455 g/mol. The number of nitrogens with one attached hydrogen (secondary N) is 1. The van der Waals surface area contributed by atoms with Crippen LogP contribution in [0.3, 0.4) is 0 Å². The minimum absolute atomic E-state index is 0.177. The number of nitrogen functional groups attached to an aromatic ring is 1. The maximum Gasteiger partial charge on any atom is 0.261 e. The van der Waals surface area contributed by atoms with Gasteiger partial charge in [-0.25, -0.2) is 13.9 Å². The van der Waals surface area contributed by atoms with Crippen LogP contribution in [0.2, 0.25) is 0 Å². The van der Waals surface area contributed by atoms with Crippen molar-refractivity contribution in [2.75, 3.05) is 36.6 Å². The van der Waals surface area contributed by atoms with Crippen LogP contribution in [-0.4, -0.2) is 68.8 Å². The molecule has 0 fully saturated rings. The second kappa shape index (κ2) is 8.00. The van der Waals surface area contributed by atoms with Crippen molar-refractivity contribution in [1.29, 1.82) is 0 Å². The Bertz CT molecular complexity index is 1250. The molecule has 0 aliphatic carbocycles. The number of carbonyl (C=O) groups excluding carboxylic acids is 2.